The second-order valence-electron chi connectivity index (χ2n) is 3.86. The van der Waals surface area contributed by atoms with Crippen molar-refractivity contribution in [2.45, 2.75) is 25.2 Å². The molecule has 1 rings (SSSR count). The third-order valence-electron chi connectivity index (χ3n) is 1.86. The molecule has 1 aromatic carbocycles. The zero-order valence-electron chi connectivity index (χ0n) is 9.00. The molecule has 0 N–H and O–H groups in total. The molecule has 0 fully saturated rings. The number of thioether (sulfide) groups is 1. The lowest BCUT2D eigenvalue weighted by molar-refractivity contribution is -0.117. The van der Waals surface area contributed by atoms with Crippen LogP contribution in [-0.2, 0) is 4.79 Å². The second kappa shape index (κ2) is 5.91. The number of hydrogen-bond donors (Lipinski definition) is 0. The zero-order chi connectivity index (χ0) is 11.3. The molecule has 0 atom stereocenters. The molecule has 0 heterocycles. The summed E-state index contributed by atoms with van der Waals surface area (Å²) in [4.78, 5) is 11.9. The van der Waals surface area contributed by atoms with Crippen LogP contribution in [0.1, 0.15) is 20.3 Å². The first kappa shape index (κ1) is 12.2. The molecule has 0 unspecified atom stereocenters. The van der Waals surface area contributed by atoms with Crippen molar-refractivity contribution in [3.8, 4) is 0 Å². The van der Waals surface area contributed by atoms with Crippen LogP contribution >= 0.6 is 11.8 Å². The summed E-state index contributed by atoms with van der Waals surface area (Å²) in [6.45, 7) is 4.01. The smallest absolute Gasteiger partial charge is 0.143 e. The third kappa shape index (κ3) is 4.47. The number of halogens is 1. The van der Waals surface area contributed by atoms with E-state index in [2.05, 4.69) is 0 Å². The fraction of sp³-hybridized carbons (Fsp3) is 0.417. The predicted octanol–water partition coefficient (Wildman–Crippen LogP) is 3.53. The van der Waals surface area contributed by atoms with Gasteiger partial charge in [-0.25, -0.2) is 4.39 Å². The maximum atomic E-state index is 13.2. The first-order chi connectivity index (χ1) is 7.09. The molecule has 0 spiro atoms. The van der Waals surface area contributed by atoms with Crippen LogP contribution in [0.4, 0.5) is 4.39 Å². The van der Waals surface area contributed by atoms with Gasteiger partial charge in [-0.3, -0.25) is 4.79 Å². The van der Waals surface area contributed by atoms with Gasteiger partial charge in [0.1, 0.15) is 11.6 Å². The molecule has 0 saturated heterocycles. The van der Waals surface area contributed by atoms with Crippen LogP contribution in [-0.4, -0.2) is 11.5 Å². The fourth-order valence-electron chi connectivity index (χ4n) is 1.23. The summed E-state index contributed by atoms with van der Waals surface area (Å²) in [6.07, 6.45) is 0.571. The molecule has 0 aliphatic rings. The average Bonchev–Trinajstić information content (AvgIpc) is 2.15. The van der Waals surface area contributed by atoms with Gasteiger partial charge in [-0.15, -0.1) is 11.8 Å². The number of ketones is 1. The quantitative estimate of drug-likeness (QED) is 0.714. The van der Waals surface area contributed by atoms with E-state index in [1.807, 2.05) is 13.8 Å². The molecule has 1 nitrogen and oxygen atoms in total. The van der Waals surface area contributed by atoms with E-state index in [1.165, 1.54) is 17.8 Å². The van der Waals surface area contributed by atoms with Crippen molar-refractivity contribution < 1.29 is 9.18 Å². The summed E-state index contributed by atoms with van der Waals surface area (Å²) in [7, 11) is 0. The highest BCUT2D eigenvalue weighted by Crippen LogP contribution is 2.21. The van der Waals surface area contributed by atoms with Gasteiger partial charge in [-0.1, -0.05) is 26.0 Å². The van der Waals surface area contributed by atoms with Crippen molar-refractivity contribution in [3.05, 3.63) is 30.1 Å². The Bertz CT molecular complexity index is 336. The Morgan fingerprint density at radius 1 is 1.40 bits per heavy atom. The van der Waals surface area contributed by atoms with Crippen molar-refractivity contribution in [2.24, 2.45) is 5.92 Å². The first-order valence-corrected chi connectivity index (χ1v) is 5.97. The Hall–Kier alpha value is -0.830. The Morgan fingerprint density at radius 2 is 2.07 bits per heavy atom. The van der Waals surface area contributed by atoms with Crippen molar-refractivity contribution >= 4 is 17.5 Å². The summed E-state index contributed by atoms with van der Waals surface area (Å²) in [5.74, 6) is 0.663. The number of carbonyl (C=O) groups is 1. The molecule has 0 amide bonds. The van der Waals surface area contributed by atoms with Crippen molar-refractivity contribution in [2.75, 3.05) is 5.75 Å². The van der Waals surface area contributed by atoms with E-state index in [-0.39, 0.29) is 11.6 Å². The lowest BCUT2D eigenvalue weighted by Crippen LogP contribution is -2.05. The Balaban J connectivity index is 2.44. The SMILES string of the molecule is CC(C)CC(=O)CSc1ccccc1F. The summed E-state index contributed by atoms with van der Waals surface area (Å²) in [5.41, 5.74) is 0. The van der Waals surface area contributed by atoms with Crippen LogP contribution in [0.3, 0.4) is 0 Å². The molecule has 1 aromatic rings. The monoisotopic (exact) mass is 226 g/mol. The van der Waals surface area contributed by atoms with E-state index in [0.29, 0.717) is 23.0 Å². The zero-order valence-corrected chi connectivity index (χ0v) is 9.81. The minimum atomic E-state index is -0.250. The van der Waals surface area contributed by atoms with Gasteiger partial charge in [0.15, 0.2) is 0 Å². The molecule has 3 heteroatoms. The molecule has 0 aliphatic carbocycles. The molecule has 0 bridgehead atoms. The predicted molar refractivity (Wildman–Crippen MR) is 61.6 cm³/mol. The highest BCUT2D eigenvalue weighted by molar-refractivity contribution is 8.00. The van der Waals surface area contributed by atoms with Crippen LogP contribution in [0.2, 0.25) is 0 Å². The molecular weight excluding hydrogens is 211 g/mol. The lowest BCUT2D eigenvalue weighted by atomic mass is 10.1. The fourth-order valence-corrected chi connectivity index (χ4v) is 2.05. The van der Waals surface area contributed by atoms with Gasteiger partial charge in [0.25, 0.3) is 0 Å². The van der Waals surface area contributed by atoms with E-state index in [4.69, 9.17) is 0 Å². The topological polar surface area (TPSA) is 17.1 Å². The molecule has 15 heavy (non-hydrogen) atoms. The Labute approximate surface area is 94.1 Å². The van der Waals surface area contributed by atoms with Gasteiger partial charge in [-0.2, -0.15) is 0 Å². The standard InChI is InChI=1S/C12H15FOS/c1-9(2)7-10(14)8-15-12-6-4-3-5-11(12)13/h3-6,9H,7-8H2,1-2H3. The van der Waals surface area contributed by atoms with E-state index < -0.39 is 0 Å². The molecule has 0 radical (unpaired) electrons. The van der Waals surface area contributed by atoms with Crippen molar-refractivity contribution in [3.63, 3.8) is 0 Å². The molecule has 82 valence electrons. The van der Waals surface area contributed by atoms with Gasteiger partial charge >= 0.3 is 0 Å². The van der Waals surface area contributed by atoms with Gasteiger partial charge in [0.05, 0.1) is 5.75 Å². The third-order valence-corrected chi connectivity index (χ3v) is 2.97. The number of Topliss-reactive ketones (excluding diaryl/α,β-unsaturated/α-hetero) is 1. The van der Waals surface area contributed by atoms with Gasteiger partial charge < -0.3 is 0 Å². The second-order valence-corrected chi connectivity index (χ2v) is 4.87. The summed E-state index contributed by atoms with van der Waals surface area (Å²) in [5, 5.41) is 0. The highest BCUT2D eigenvalue weighted by atomic mass is 32.2. The van der Waals surface area contributed by atoms with Gasteiger partial charge in [-0.05, 0) is 18.1 Å². The van der Waals surface area contributed by atoms with Crippen LogP contribution in [0.5, 0.6) is 0 Å². The van der Waals surface area contributed by atoms with E-state index in [1.54, 1.807) is 18.2 Å². The van der Waals surface area contributed by atoms with Crippen molar-refractivity contribution in [1.82, 2.24) is 0 Å². The maximum Gasteiger partial charge on any atom is 0.143 e. The number of carbonyl (C=O) groups excluding carboxylic acids is 1. The minimum Gasteiger partial charge on any atom is -0.299 e. The minimum absolute atomic E-state index is 0.179. The average molecular weight is 226 g/mol. The normalized spacial score (nSPS) is 10.7. The molecular formula is C12H15FOS. The summed E-state index contributed by atoms with van der Waals surface area (Å²) >= 11 is 1.27. The number of hydrogen-bond acceptors (Lipinski definition) is 2. The van der Waals surface area contributed by atoms with Crippen LogP contribution in [0, 0.1) is 11.7 Å². The largest absolute Gasteiger partial charge is 0.299 e. The molecule has 0 aromatic heterocycles. The first-order valence-electron chi connectivity index (χ1n) is 4.98. The maximum absolute atomic E-state index is 13.2. The summed E-state index contributed by atoms with van der Waals surface area (Å²) in [6, 6.07) is 6.53. The van der Waals surface area contributed by atoms with E-state index in [9.17, 15) is 9.18 Å². The van der Waals surface area contributed by atoms with E-state index in [0.717, 1.165) is 0 Å². The highest BCUT2D eigenvalue weighted by Gasteiger charge is 2.07. The van der Waals surface area contributed by atoms with Gasteiger partial charge in [0, 0.05) is 11.3 Å². The van der Waals surface area contributed by atoms with Crippen LogP contribution in [0.25, 0.3) is 0 Å². The lowest BCUT2D eigenvalue weighted by Gasteiger charge is -2.04. The van der Waals surface area contributed by atoms with Crippen LogP contribution < -0.4 is 0 Å². The van der Waals surface area contributed by atoms with Gasteiger partial charge in [0.2, 0.25) is 0 Å². The Kier molecular flexibility index (Phi) is 4.82. The van der Waals surface area contributed by atoms with Crippen LogP contribution in [0.15, 0.2) is 29.2 Å². The van der Waals surface area contributed by atoms with E-state index >= 15 is 0 Å². The Morgan fingerprint density at radius 3 is 2.67 bits per heavy atom. The molecule has 0 saturated carbocycles. The number of rotatable bonds is 5. The van der Waals surface area contributed by atoms with Crippen molar-refractivity contribution in [1.29, 1.82) is 0 Å². The molecule has 0 aliphatic heterocycles. The summed E-state index contributed by atoms with van der Waals surface area (Å²) < 4.78 is 13.2. The number of benzene rings is 1.